The zero-order valence-corrected chi connectivity index (χ0v) is 12.3. The van der Waals surface area contributed by atoms with Crippen molar-refractivity contribution < 1.29 is 0 Å². The van der Waals surface area contributed by atoms with Gasteiger partial charge in [0.1, 0.15) is 5.69 Å². The molecular weight excluding hydrogens is 276 g/mol. The number of hydrogen-bond acceptors (Lipinski definition) is 4. The molecule has 110 valence electrons. The van der Waals surface area contributed by atoms with Crippen LogP contribution in [0.4, 0.5) is 5.69 Å². The van der Waals surface area contributed by atoms with Gasteiger partial charge in [0.15, 0.2) is 0 Å². The third kappa shape index (κ3) is 2.99. The molecule has 1 aromatic rings. The quantitative estimate of drug-likeness (QED) is 0.891. The molecule has 2 fully saturated rings. The van der Waals surface area contributed by atoms with E-state index in [0.717, 1.165) is 25.7 Å². The summed E-state index contributed by atoms with van der Waals surface area (Å²) in [6.45, 7) is 0.696. The molecule has 0 saturated heterocycles. The van der Waals surface area contributed by atoms with Crippen molar-refractivity contribution in [3.05, 3.63) is 21.6 Å². The average Bonchev–Trinajstić information content (AvgIpc) is 3.24. The summed E-state index contributed by atoms with van der Waals surface area (Å²) >= 11 is 6.14. The molecule has 20 heavy (non-hydrogen) atoms. The molecule has 1 heterocycles. The average molecular weight is 297 g/mol. The summed E-state index contributed by atoms with van der Waals surface area (Å²) in [4.78, 5) is 12.4. The predicted octanol–water partition coefficient (Wildman–Crippen LogP) is 1.99. The van der Waals surface area contributed by atoms with Crippen LogP contribution in [0.5, 0.6) is 0 Å². The zero-order valence-electron chi connectivity index (χ0n) is 11.5. The Bertz CT molecular complexity index is 540. The molecule has 6 heteroatoms. The monoisotopic (exact) mass is 296 g/mol. The van der Waals surface area contributed by atoms with Crippen molar-refractivity contribution in [1.82, 2.24) is 9.78 Å². The van der Waals surface area contributed by atoms with Crippen molar-refractivity contribution in [1.29, 1.82) is 0 Å². The first kappa shape index (κ1) is 13.9. The molecule has 0 amide bonds. The topological polar surface area (TPSA) is 72.9 Å². The smallest absolute Gasteiger partial charge is 0.291 e. The van der Waals surface area contributed by atoms with Crippen LogP contribution in [0, 0.1) is 5.92 Å². The van der Waals surface area contributed by atoms with E-state index in [2.05, 4.69) is 10.4 Å². The summed E-state index contributed by atoms with van der Waals surface area (Å²) in [6, 6.07) is 0.218. The van der Waals surface area contributed by atoms with E-state index < -0.39 is 0 Å². The Balaban J connectivity index is 1.81. The largest absolute Gasteiger partial charge is 0.375 e. The minimum atomic E-state index is -0.123. The van der Waals surface area contributed by atoms with Crippen LogP contribution in [0.25, 0.3) is 0 Å². The lowest BCUT2D eigenvalue weighted by Gasteiger charge is -2.30. The van der Waals surface area contributed by atoms with Crippen LogP contribution in [-0.4, -0.2) is 21.9 Å². The lowest BCUT2D eigenvalue weighted by molar-refractivity contribution is 0.403. The Labute approximate surface area is 123 Å². The van der Waals surface area contributed by atoms with E-state index in [9.17, 15) is 4.79 Å². The first-order valence-electron chi connectivity index (χ1n) is 7.43. The molecular formula is C14H21ClN4O. The Morgan fingerprint density at radius 3 is 2.80 bits per heavy atom. The number of nitrogens with zero attached hydrogens (tertiary/aromatic N) is 2. The standard InChI is InChI=1S/C14H21ClN4O/c15-10-7-17-19(8-9-5-6-9)14(20)13(10)18-12-4-2-1-3-11(12)16/h7,9,11-12,18H,1-6,8,16H2/t11-,12-/m1/s1. The normalized spacial score (nSPS) is 26.5. The van der Waals surface area contributed by atoms with Crippen molar-refractivity contribution in [3.8, 4) is 0 Å². The van der Waals surface area contributed by atoms with Gasteiger partial charge in [-0.05, 0) is 31.6 Å². The number of halogens is 1. The minimum Gasteiger partial charge on any atom is -0.375 e. The Morgan fingerprint density at radius 2 is 2.10 bits per heavy atom. The van der Waals surface area contributed by atoms with Gasteiger partial charge in [-0.2, -0.15) is 5.10 Å². The lowest BCUT2D eigenvalue weighted by atomic mass is 9.91. The van der Waals surface area contributed by atoms with Crippen LogP contribution in [-0.2, 0) is 6.54 Å². The number of nitrogens with one attached hydrogen (secondary N) is 1. The highest BCUT2D eigenvalue weighted by molar-refractivity contribution is 6.33. The number of anilines is 1. The molecule has 2 saturated carbocycles. The van der Waals surface area contributed by atoms with Gasteiger partial charge in [-0.3, -0.25) is 4.79 Å². The molecule has 2 aliphatic carbocycles. The second kappa shape index (κ2) is 5.74. The first-order valence-corrected chi connectivity index (χ1v) is 7.80. The van der Waals surface area contributed by atoms with E-state index in [-0.39, 0.29) is 17.6 Å². The van der Waals surface area contributed by atoms with E-state index in [4.69, 9.17) is 17.3 Å². The van der Waals surface area contributed by atoms with E-state index in [1.807, 2.05) is 0 Å². The summed E-state index contributed by atoms with van der Waals surface area (Å²) < 4.78 is 1.53. The fourth-order valence-corrected chi connectivity index (χ4v) is 2.98. The van der Waals surface area contributed by atoms with Crippen molar-refractivity contribution in [3.63, 3.8) is 0 Å². The third-order valence-electron chi connectivity index (χ3n) is 4.27. The van der Waals surface area contributed by atoms with Crippen LogP contribution in [0.3, 0.4) is 0 Å². The lowest BCUT2D eigenvalue weighted by Crippen LogP contribution is -2.44. The zero-order chi connectivity index (χ0) is 14.1. The second-order valence-electron chi connectivity index (χ2n) is 6.00. The summed E-state index contributed by atoms with van der Waals surface area (Å²) in [5.41, 5.74) is 6.47. The van der Waals surface area contributed by atoms with Gasteiger partial charge in [0.25, 0.3) is 5.56 Å². The molecule has 0 bridgehead atoms. The van der Waals surface area contributed by atoms with Crippen molar-refractivity contribution >= 4 is 17.3 Å². The summed E-state index contributed by atoms with van der Waals surface area (Å²) in [5.74, 6) is 0.603. The predicted molar refractivity (Wildman–Crippen MR) is 80.1 cm³/mol. The summed E-state index contributed by atoms with van der Waals surface area (Å²) in [5, 5.41) is 7.79. The molecule has 3 rings (SSSR count). The molecule has 3 N–H and O–H groups in total. The fraction of sp³-hybridized carbons (Fsp3) is 0.714. The van der Waals surface area contributed by atoms with Gasteiger partial charge in [0.05, 0.1) is 11.2 Å². The van der Waals surface area contributed by atoms with Crippen LogP contribution in [0.1, 0.15) is 38.5 Å². The Hall–Kier alpha value is -1.07. The van der Waals surface area contributed by atoms with Crippen molar-refractivity contribution in [2.45, 2.75) is 57.2 Å². The van der Waals surface area contributed by atoms with Crippen LogP contribution >= 0.6 is 11.6 Å². The Morgan fingerprint density at radius 1 is 1.35 bits per heavy atom. The fourth-order valence-electron chi connectivity index (χ4n) is 2.80. The molecule has 0 aromatic carbocycles. The molecule has 0 aliphatic heterocycles. The maximum absolute atomic E-state index is 12.4. The van der Waals surface area contributed by atoms with E-state index in [0.29, 0.717) is 23.2 Å². The highest BCUT2D eigenvalue weighted by atomic mass is 35.5. The molecule has 5 nitrogen and oxygen atoms in total. The van der Waals surface area contributed by atoms with Gasteiger partial charge in [0.2, 0.25) is 0 Å². The minimum absolute atomic E-state index is 0.0873. The SMILES string of the molecule is N[C@@H]1CCCC[C@H]1Nc1c(Cl)cnn(CC2CC2)c1=O. The molecule has 0 spiro atoms. The highest BCUT2D eigenvalue weighted by Crippen LogP contribution is 2.30. The molecule has 2 atom stereocenters. The van der Waals surface area contributed by atoms with Gasteiger partial charge in [0, 0.05) is 18.6 Å². The van der Waals surface area contributed by atoms with Gasteiger partial charge >= 0.3 is 0 Å². The molecule has 2 aliphatic rings. The number of aromatic nitrogens is 2. The second-order valence-corrected chi connectivity index (χ2v) is 6.40. The maximum Gasteiger partial charge on any atom is 0.291 e. The summed E-state index contributed by atoms with van der Waals surface area (Å²) in [6.07, 6.45) is 8.22. The number of nitrogens with two attached hydrogens (primary N) is 1. The molecule has 1 aromatic heterocycles. The molecule has 0 unspecified atom stereocenters. The molecule has 0 radical (unpaired) electrons. The van der Waals surface area contributed by atoms with E-state index >= 15 is 0 Å². The van der Waals surface area contributed by atoms with Gasteiger partial charge in [-0.1, -0.05) is 24.4 Å². The highest BCUT2D eigenvalue weighted by Gasteiger charge is 2.26. The van der Waals surface area contributed by atoms with Gasteiger partial charge in [-0.25, -0.2) is 4.68 Å². The van der Waals surface area contributed by atoms with Crippen LogP contribution in [0.15, 0.2) is 11.0 Å². The van der Waals surface area contributed by atoms with Gasteiger partial charge in [-0.15, -0.1) is 0 Å². The van der Waals surface area contributed by atoms with Crippen LogP contribution < -0.4 is 16.6 Å². The third-order valence-corrected chi connectivity index (χ3v) is 4.56. The summed E-state index contributed by atoms with van der Waals surface area (Å²) in [7, 11) is 0. The van der Waals surface area contributed by atoms with Crippen LogP contribution in [0.2, 0.25) is 5.02 Å². The Kier molecular flexibility index (Phi) is 3.98. The van der Waals surface area contributed by atoms with E-state index in [1.165, 1.54) is 17.5 Å². The first-order chi connectivity index (χ1) is 9.65. The number of hydrogen-bond donors (Lipinski definition) is 2. The van der Waals surface area contributed by atoms with E-state index in [1.54, 1.807) is 6.20 Å². The van der Waals surface area contributed by atoms with Crippen molar-refractivity contribution in [2.24, 2.45) is 11.7 Å². The number of rotatable bonds is 4. The maximum atomic E-state index is 12.4. The van der Waals surface area contributed by atoms with Gasteiger partial charge < -0.3 is 11.1 Å². The van der Waals surface area contributed by atoms with Crippen molar-refractivity contribution in [2.75, 3.05) is 5.32 Å².